The molecule has 0 radical (unpaired) electrons. The third kappa shape index (κ3) is 2.08. The molecule has 2 heteroatoms. The third-order valence-electron chi connectivity index (χ3n) is 4.58. The molecule has 0 spiro atoms. The first-order valence-corrected chi connectivity index (χ1v) is 6.52. The van der Waals surface area contributed by atoms with Crippen molar-refractivity contribution in [3.63, 3.8) is 0 Å². The van der Waals surface area contributed by atoms with Gasteiger partial charge in [-0.05, 0) is 49.0 Å². The van der Waals surface area contributed by atoms with Crippen molar-refractivity contribution in [3.8, 4) is 0 Å². The summed E-state index contributed by atoms with van der Waals surface area (Å²) in [7, 11) is 0. The minimum Gasteiger partial charge on any atom is -0.481 e. The molecule has 2 aliphatic carbocycles. The Kier molecular flexibility index (Phi) is 2.65. The highest BCUT2D eigenvalue weighted by Crippen LogP contribution is 2.58. The van der Waals surface area contributed by atoms with Crippen molar-refractivity contribution in [1.29, 1.82) is 0 Å². The van der Waals surface area contributed by atoms with E-state index in [1.165, 1.54) is 5.56 Å². The number of carboxylic acids is 1. The van der Waals surface area contributed by atoms with Crippen LogP contribution in [0.3, 0.4) is 0 Å². The molecule has 90 valence electrons. The molecule has 2 nitrogen and oxygen atoms in total. The molecule has 0 aliphatic heterocycles. The molecule has 2 fully saturated rings. The van der Waals surface area contributed by atoms with Crippen LogP contribution in [0.1, 0.15) is 24.8 Å². The van der Waals surface area contributed by atoms with Gasteiger partial charge in [-0.3, -0.25) is 4.79 Å². The number of aliphatic carboxylic acids is 1. The fourth-order valence-corrected chi connectivity index (χ4v) is 3.56. The second kappa shape index (κ2) is 4.17. The standard InChI is InChI=1S/C15H18O2/c16-15(17)11-6-7-12-13(14(12)9-11)8-10-4-2-1-3-5-10/h1-5,11-14H,6-9H2,(H,16,17). The number of fused-ring (bicyclic) bond motifs is 1. The average molecular weight is 230 g/mol. The van der Waals surface area contributed by atoms with E-state index in [0.29, 0.717) is 5.92 Å². The normalized spacial score (nSPS) is 35.1. The summed E-state index contributed by atoms with van der Waals surface area (Å²) in [5.41, 5.74) is 1.40. The van der Waals surface area contributed by atoms with Gasteiger partial charge in [0.15, 0.2) is 0 Å². The van der Waals surface area contributed by atoms with E-state index in [4.69, 9.17) is 5.11 Å². The Bertz CT molecular complexity index is 412. The number of carboxylic acid groups (broad SMARTS) is 1. The van der Waals surface area contributed by atoms with Crippen molar-refractivity contribution in [2.24, 2.45) is 23.7 Å². The quantitative estimate of drug-likeness (QED) is 0.866. The summed E-state index contributed by atoms with van der Waals surface area (Å²) in [6.45, 7) is 0. The Balaban J connectivity index is 1.61. The van der Waals surface area contributed by atoms with E-state index in [1.54, 1.807) is 0 Å². The second-order valence-corrected chi connectivity index (χ2v) is 5.53. The predicted molar refractivity (Wildman–Crippen MR) is 65.6 cm³/mol. The molecule has 1 N–H and O–H groups in total. The molecule has 4 unspecified atom stereocenters. The Morgan fingerprint density at radius 3 is 2.65 bits per heavy atom. The molecular formula is C15H18O2. The lowest BCUT2D eigenvalue weighted by molar-refractivity contribution is -0.142. The number of benzene rings is 1. The van der Waals surface area contributed by atoms with Crippen LogP contribution in [0.15, 0.2) is 30.3 Å². The van der Waals surface area contributed by atoms with Gasteiger partial charge in [0.05, 0.1) is 5.92 Å². The lowest BCUT2D eigenvalue weighted by atomic mass is 9.89. The molecule has 1 aromatic carbocycles. The van der Waals surface area contributed by atoms with Crippen molar-refractivity contribution in [2.45, 2.75) is 25.7 Å². The number of hydrogen-bond acceptors (Lipinski definition) is 1. The maximum absolute atomic E-state index is 11.0. The van der Waals surface area contributed by atoms with Gasteiger partial charge in [-0.15, -0.1) is 0 Å². The zero-order valence-electron chi connectivity index (χ0n) is 9.88. The van der Waals surface area contributed by atoms with Gasteiger partial charge >= 0.3 is 5.97 Å². The zero-order valence-corrected chi connectivity index (χ0v) is 9.88. The largest absolute Gasteiger partial charge is 0.481 e. The van der Waals surface area contributed by atoms with Crippen molar-refractivity contribution in [1.82, 2.24) is 0 Å². The fraction of sp³-hybridized carbons (Fsp3) is 0.533. The molecule has 0 bridgehead atoms. The van der Waals surface area contributed by atoms with Crippen LogP contribution in [0.2, 0.25) is 0 Å². The van der Waals surface area contributed by atoms with E-state index >= 15 is 0 Å². The SMILES string of the molecule is O=C(O)C1CCC2C(Cc3ccccc3)C2C1. The van der Waals surface area contributed by atoms with Gasteiger partial charge in [-0.25, -0.2) is 0 Å². The smallest absolute Gasteiger partial charge is 0.306 e. The number of rotatable bonds is 3. The van der Waals surface area contributed by atoms with Crippen molar-refractivity contribution in [3.05, 3.63) is 35.9 Å². The van der Waals surface area contributed by atoms with Gasteiger partial charge in [0.25, 0.3) is 0 Å². The van der Waals surface area contributed by atoms with Crippen LogP contribution in [-0.2, 0) is 11.2 Å². The van der Waals surface area contributed by atoms with Gasteiger partial charge in [0.1, 0.15) is 0 Å². The van der Waals surface area contributed by atoms with Gasteiger partial charge in [-0.1, -0.05) is 30.3 Å². The minimum absolute atomic E-state index is 0.0722. The summed E-state index contributed by atoms with van der Waals surface area (Å²) in [6, 6.07) is 10.6. The number of carbonyl (C=O) groups is 1. The van der Waals surface area contributed by atoms with Crippen LogP contribution in [0.5, 0.6) is 0 Å². The van der Waals surface area contributed by atoms with Crippen LogP contribution >= 0.6 is 0 Å². The summed E-state index contributed by atoms with van der Waals surface area (Å²) in [4.78, 5) is 11.0. The minimum atomic E-state index is -0.589. The van der Waals surface area contributed by atoms with E-state index in [2.05, 4.69) is 24.3 Å². The van der Waals surface area contributed by atoms with E-state index < -0.39 is 5.97 Å². The van der Waals surface area contributed by atoms with Crippen molar-refractivity contribution in [2.75, 3.05) is 0 Å². The van der Waals surface area contributed by atoms with Gasteiger partial charge in [0.2, 0.25) is 0 Å². The second-order valence-electron chi connectivity index (χ2n) is 5.53. The first-order valence-electron chi connectivity index (χ1n) is 6.52. The van der Waals surface area contributed by atoms with Crippen LogP contribution in [-0.4, -0.2) is 11.1 Å². The predicted octanol–water partition coefficient (Wildman–Crippen LogP) is 2.98. The molecule has 2 saturated carbocycles. The van der Waals surface area contributed by atoms with Crippen LogP contribution in [0.25, 0.3) is 0 Å². The zero-order chi connectivity index (χ0) is 11.8. The maximum atomic E-state index is 11.0. The fourth-order valence-electron chi connectivity index (χ4n) is 3.56. The van der Waals surface area contributed by atoms with Gasteiger partial charge in [-0.2, -0.15) is 0 Å². The first kappa shape index (κ1) is 10.8. The highest BCUT2D eigenvalue weighted by atomic mass is 16.4. The van der Waals surface area contributed by atoms with Gasteiger partial charge in [0, 0.05) is 0 Å². The van der Waals surface area contributed by atoms with E-state index in [9.17, 15) is 4.79 Å². The Morgan fingerprint density at radius 2 is 1.94 bits per heavy atom. The van der Waals surface area contributed by atoms with Crippen molar-refractivity contribution >= 4 is 5.97 Å². The summed E-state index contributed by atoms with van der Waals surface area (Å²) in [5, 5.41) is 9.05. The third-order valence-corrected chi connectivity index (χ3v) is 4.58. The summed E-state index contributed by atoms with van der Waals surface area (Å²) in [5.74, 6) is 1.59. The molecule has 0 aromatic heterocycles. The van der Waals surface area contributed by atoms with E-state index in [-0.39, 0.29) is 5.92 Å². The molecular weight excluding hydrogens is 212 g/mol. The van der Waals surface area contributed by atoms with Crippen LogP contribution in [0.4, 0.5) is 0 Å². The molecule has 0 saturated heterocycles. The maximum Gasteiger partial charge on any atom is 0.306 e. The highest BCUT2D eigenvalue weighted by Gasteiger charge is 2.53. The van der Waals surface area contributed by atoms with Crippen LogP contribution in [0, 0.1) is 23.7 Å². The first-order chi connectivity index (χ1) is 8.25. The summed E-state index contributed by atoms with van der Waals surface area (Å²) >= 11 is 0. The number of hydrogen-bond donors (Lipinski definition) is 1. The average Bonchev–Trinajstić information content (AvgIpc) is 3.03. The highest BCUT2D eigenvalue weighted by molar-refractivity contribution is 5.70. The monoisotopic (exact) mass is 230 g/mol. The summed E-state index contributed by atoms with van der Waals surface area (Å²) < 4.78 is 0. The van der Waals surface area contributed by atoms with Crippen molar-refractivity contribution < 1.29 is 9.90 Å². The molecule has 2 aliphatic rings. The lowest BCUT2D eigenvalue weighted by Gasteiger charge is -2.15. The molecule has 1 aromatic rings. The Labute approximate surface area is 102 Å². The van der Waals surface area contributed by atoms with E-state index in [1.807, 2.05) is 6.07 Å². The topological polar surface area (TPSA) is 37.3 Å². The summed E-state index contributed by atoms with van der Waals surface area (Å²) in [6.07, 6.45) is 4.07. The molecule has 0 amide bonds. The van der Waals surface area contributed by atoms with Gasteiger partial charge < -0.3 is 5.11 Å². The molecule has 17 heavy (non-hydrogen) atoms. The van der Waals surface area contributed by atoms with Crippen LogP contribution < -0.4 is 0 Å². The molecule has 0 heterocycles. The molecule has 3 rings (SSSR count). The molecule has 4 atom stereocenters. The Morgan fingerprint density at radius 1 is 1.18 bits per heavy atom. The Hall–Kier alpha value is -1.31. The lowest BCUT2D eigenvalue weighted by Crippen LogP contribution is -2.17. The van der Waals surface area contributed by atoms with E-state index in [0.717, 1.165) is 37.5 Å².